The molecule has 0 fully saturated rings. The molecule has 7 heteroatoms. The molecule has 1 aromatic carbocycles. The molecule has 2 N–H and O–H groups in total. The molecule has 1 aromatic heterocycles. The molecular formula is C20H33N5O2. The van der Waals surface area contributed by atoms with Crippen molar-refractivity contribution in [1.29, 1.82) is 0 Å². The van der Waals surface area contributed by atoms with Gasteiger partial charge in [-0.15, -0.1) is 0 Å². The number of hydrogen-bond acceptors (Lipinski definition) is 7. The minimum Gasteiger partial charge on any atom is -0.493 e. The van der Waals surface area contributed by atoms with Crippen molar-refractivity contribution in [2.75, 3.05) is 58.1 Å². The van der Waals surface area contributed by atoms with Crippen molar-refractivity contribution in [1.82, 2.24) is 14.9 Å². The third-order valence-corrected chi connectivity index (χ3v) is 4.06. The van der Waals surface area contributed by atoms with Gasteiger partial charge in [0.2, 0.25) is 5.95 Å². The van der Waals surface area contributed by atoms with E-state index in [1.807, 2.05) is 12.1 Å². The summed E-state index contributed by atoms with van der Waals surface area (Å²) in [6.07, 6.45) is 2.99. The highest BCUT2D eigenvalue weighted by molar-refractivity contribution is 5.92. The van der Waals surface area contributed by atoms with Gasteiger partial charge in [-0.3, -0.25) is 0 Å². The lowest BCUT2D eigenvalue weighted by Gasteiger charge is -2.16. The Morgan fingerprint density at radius 3 is 2.41 bits per heavy atom. The van der Waals surface area contributed by atoms with Crippen molar-refractivity contribution < 1.29 is 9.47 Å². The summed E-state index contributed by atoms with van der Waals surface area (Å²) in [7, 11) is 5.78. The lowest BCUT2D eigenvalue weighted by atomic mass is 10.2. The first-order valence-corrected chi connectivity index (χ1v) is 9.74. The van der Waals surface area contributed by atoms with Crippen LogP contribution in [0.15, 0.2) is 12.1 Å². The lowest BCUT2D eigenvalue weighted by molar-refractivity contribution is 0.268. The van der Waals surface area contributed by atoms with Crippen LogP contribution in [0.4, 0.5) is 11.8 Å². The molecular weight excluding hydrogens is 342 g/mol. The third-order valence-electron chi connectivity index (χ3n) is 4.06. The van der Waals surface area contributed by atoms with Crippen LogP contribution in [0.2, 0.25) is 0 Å². The Morgan fingerprint density at radius 2 is 1.74 bits per heavy atom. The van der Waals surface area contributed by atoms with Gasteiger partial charge in [0.15, 0.2) is 11.5 Å². The smallest absolute Gasteiger partial charge is 0.225 e. The Balaban J connectivity index is 2.34. The van der Waals surface area contributed by atoms with Crippen LogP contribution in [0.3, 0.4) is 0 Å². The Labute approximate surface area is 162 Å². The normalized spacial score (nSPS) is 11.0. The standard InChI is InChI=1S/C20H33N5O2/c1-6-9-21-19-15-13-17(26-5)18(27-12-8-11-25(3)4)14-16(15)23-20(24-19)22-10-7-2/h13-14H,6-12H2,1-5H3,(H2,21,22,23,24). The summed E-state index contributed by atoms with van der Waals surface area (Å²) in [5, 5.41) is 7.61. The van der Waals surface area contributed by atoms with Gasteiger partial charge >= 0.3 is 0 Å². The molecule has 0 radical (unpaired) electrons. The number of benzene rings is 1. The summed E-state index contributed by atoms with van der Waals surface area (Å²) in [5.74, 6) is 2.86. The summed E-state index contributed by atoms with van der Waals surface area (Å²) >= 11 is 0. The number of ether oxygens (including phenoxy) is 2. The first-order chi connectivity index (χ1) is 13.1. The minimum absolute atomic E-state index is 0.631. The van der Waals surface area contributed by atoms with E-state index in [4.69, 9.17) is 9.47 Å². The van der Waals surface area contributed by atoms with E-state index in [1.54, 1.807) is 7.11 Å². The third kappa shape index (κ3) is 6.13. The van der Waals surface area contributed by atoms with E-state index in [9.17, 15) is 0 Å². The molecule has 2 rings (SSSR count). The maximum absolute atomic E-state index is 5.98. The highest BCUT2D eigenvalue weighted by Gasteiger charge is 2.13. The van der Waals surface area contributed by atoms with Crippen LogP contribution in [0.25, 0.3) is 10.9 Å². The van der Waals surface area contributed by atoms with E-state index in [1.165, 1.54) is 0 Å². The number of nitrogens with zero attached hydrogens (tertiary/aromatic N) is 3. The van der Waals surface area contributed by atoms with Crippen molar-refractivity contribution in [2.45, 2.75) is 33.1 Å². The maximum atomic E-state index is 5.98. The van der Waals surface area contributed by atoms with Crippen molar-refractivity contribution in [3.05, 3.63) is 12.1 Å². The average Bonchev–Trinajstić information content (AvgIpc) is 2.66. The van der Waals surface area contributed by atoms with E-state index < -0.39 is 0 Å². The number of nitrogens with one attached hydrogen (secondary N) is 2. The molecule has 0 unspecified atom stereocenters. The minimum atomic E-state index is 0.631. The largest absolute Gasteiger partial charge is 0.493 e. The van der Waals surface area contributed by atoms with Crippen LogP contribution in [0, 0.1) is 0 Å². The topological polar surface area (TPSA) is 71.5 Å². The van der Waals surface area contributed by atoms with E-state index >= 15 is 0 Å². The second kappa shape index (κ2) is 10.8. The van der Waals surface area contributed by atoms with E-state index in [2.05, 4.69) is 53.4 Å². The zero-order chi connectivity index (χ0) is 19.6. The van der Waals surface area contributed by atoms with Crippen LogP contribution in [-0.4, -0.2) is 62.3 Å². The van der Waals surface area contributed by atoms with Gasteiger partial charge in [0.25, 0.3) is 0 Å². The Morgan fingerprint density at radius 1 is 1.00 bits per heavy atom. The molecule has 7 nitrogen and oxygen atoms in total. The predicted octanol–water partition coefficient (Wildman–Crippen LogP) is 3.61. The fourth-order valence-corrected chi connectivity index (χ4v) is 2.67. The molecule has 2 aromatic rings. The summed E-state index contributed by atoms with van der Waals surface area (Å²) in [4.78, 5) is 11.5. The Bertz CT molecular complexity index is 721. The molecule has 150 valence electrons. The van der Waals surface area contributed by atoms with Gasteiger partial charge in [-0.1, -0.05) is 13.8 Å². The highest BCUT2D eigenvalue weighted by atomic mass is 16.5. The summed E-state index contributed by atoms with van der Waals surface area (Å²) in [5.41, 5.74) is 0.839. The summed E-state index contributed by atoms with van der Waals surface area (Å²) in [6, 6.07) is 3.90. The van der Waals surface area contributed by atoms with Gasteiger partial charge in [0, 0.05) is 31.1 Å². The monoisotopic (exact) mass is 375 g/mol. The highest BCUT2D eigenvalue weighted by Crippen LogP contribution is 2.35. The van der Waals surface area contributed by atoms with Gasteiger partial charge < -0.3 is 25.0 Å². The summed E-state index contributed by atoms with van der Waals surface area (Å²) < 4.78 is 11.5. The maximum Gasteiger partial charge on any atom is 0.225 e. The Hall–Kier alpha value is -2.28. The number of hydrogen-bond donors (Lipinski definition) is 2. The Kier molecular flexibility index (Phi) is 8.39. The van der Waals surface area contributed by atoms with Crippen LogP contribution >= 0.6 is 0 Å². The van der Waals surface area contributed by atoms with Crippen molar-refractivity contribution >= 4 is 22.7 Å². The van der Waals surface area contributed by atoms with Gasteiger partial charge in [-0.25, -0.2) is 4.98 Å². The van der Waals surface area contributed by atoms with Crippen molar-refractivity contribution in [2.24, 2.45) is 0 Å². The van der Waals surface area contributed by atoms with Crippen LogP contribution in [0.1, 0.15) is 33.1 Å². The quantitative estimate of drug-likeness (QED) is 0.549. The number of rotatable bonds is 12. The number of methoxy groups -OCH3 is 1. The molecule has 0 aliphatic carbocycles. The second-order valence-electron chi connectivity index (χ2n) is 6.77. The molecule has 0 saturated carbocycles. The van der Waals surface area contributed by atoms with Crippen LogP contribution in [0.5, 0.6) is 11.5 Å². The molecule has 0 aliphatic heterocycles. The van der Waals surface area contributed by atoms with E-state index in [0.717, 1.165) is 55.6 Å². The number of fused-ring (bicyclic) bond motifs is 1. The van der Waals surface area contributed by atoms with Crippen molar-refractivity contribution in [3.63, 3.8) is 0 Å². The second-order valence-corrected chi connectivity index (χ2v) is 6.77. The SMILES string of the molecule is CCCNc1nc(NCCC)c2cc(OC)c(OCCCN(C)C)cc2n1. The zero-order valence-corrected chi connectivity index (χ0v) is 17.3. The predicted molar refractivity (Wildman–Crippen MR) is 112 cm³/mol. The van der Waals surface area contributed by atoms with Gasteiger partial charge in [-0.2, -0.15) is 4.98 Å². The molecule has 0 atom stereocenters. The average molecular weight is 376 g/mol. The van der Waals surface area contributed by atoms with Crippen LogP contribution in [-0.2, 0) is 0 Å². The summed E-state index contributed by atoms with van der Waals surface area (Å²) in [6.45, 7) is 7.55. The molecule has 27 heavy (non-hydrogen) atoms. The molecule has 0 bridgehead atoms. The van der Waals surface area contributed by atoms with Crippen molar-refractivity contribution in [3.8, 4) is 11.5 Å². The molecule has 0 spiro atoms. The first-order valence-electron chi connectivity index (χ1n) is 9.74. The van der Waals surface area contributed by atoms with Gasteiger partial charge in [0.1, 0.15) is 5.82 Å². The van der Waals surface area contributed by atoms with Gasteiger partial charge in [-0.05, 0) is 39.4 Å². The van der Waals surface area contributed by atoms with Crippen LogP contribution < -0.4 is 20.1 Å². The molecule has 0 amide bonds. The number of anilines is 2. The van der Waals surface area contributed by atoms with Gasteiger partial charge in [0.05, 0.1) is 19.2 Å². The molecule has 0 aliphatic rings. The lowest BCUT2D eigenvalue weighted by Crippen LogP contribution is -2.15. The zero-order valence-electron chi connectivity index (χ0n) is 17.3. The number of aromatic nitrogens is 2. The van der Waals surface area contributed by atoms with E-state index in [0.29, 0.717) is 24.1 Å². The fourth-order valence-electron chi connectivity index (χ4n) is 2.67. The molecule has 1 heterocycles. The fraction of sp³-hybridized carbons (Fsp3) is 0.600. The molecule has 0 saturated heterocycles. The van der Waals surface area contributed by atoms with E-state index in [-0.39, 0.29) is 0 Å². The first kappa shape index (κ1) is 21.0.